The summed E-state index contributed by atoms with van der Waals surface area (Å²) in [4.78, 5) is 42.1. The third-order valence-corrected chi connectivity index (χ3v) is 4.48. The first-order valence-corrected chi connectivity index (χ1v) is 9.01. The molecule has 0 aromatic heterocycles. The van der Waals surface area contributed by atoms with Crippen molar-refractivity contribution >= 4 is 29.4 Å². The number of anilines is 1. The smallest absolute Gasteiger partial charge is 0.409 e. The number of hydrogen-bond acceptors (Lipinski definition) is 5. The van der Waals surface area contributed by atoms with Gasteiger partial charge >= 0.3 is 12.1 Å². The van der Waals surface area contributed by atoms with Crippen molar-refractivity contribution in [2.24, 2.45) is 4.99 Å². The Kier molecular flexibility index (Phi) is 5.92. The zero-order chi connectivity index (χ0) is 21.0. The third-order valence-electron chi connectivity index (χ3n) is 4.48. The number of nitrogens with one attached hydrogen (secondary N) is 1. The van der Waals surface area contributed by atoms with Crippen molar-refractivity contribution in [3.05, 3.63) is 65.2 Å². The van der Waals surface area contributed by atoms with E-state index >= 15 is 0 Å². The third kappa shape index (κ3) is 4.60. The Hall–Kier alpha value is -3.68. The molecule has 0 unspecified atom stereocenters. The Morgan fingerprint density at radius 1 is 1.14 bits per heavy atom. The molecular formula is C21H21N3O5. The molecule has 8 nitrogen and oxygen atoms in total. The lowest BCUT2D eigenvalue weighted by Gasteiger charge is -2.25. The highest BCUT2D eigenvalue weighted by Gasteiger charge is 2.33. The van der Waals surface area contributed by atoms with Gasteiger partial charge in [0.05, 0.1) is 5.69 Å². The van der Waals surface area contributed by atoms with Gasteiger partial charge in [-0.25, -0.2) is 4.79 Å². The predicted molar refractivity (Wildman–Crippen MR) is 107 cm³/mol. The maximum atomic E-state index is 13.0. The topological polar surface area (TPSA) is 108 Å². The fourth-order valence-corrected chi connectivity index (χ4v) is 3.15. The molecule has 2 amide bonds. The summed E-state index contributed by atoms with van der Waals surface area (Å²) >= 11 is 0. The first kappa shape index (κ1) is 20.1. The number of aliphatic carboxylic acids is 1. The quantitative estimate of drug-likeness (QED) is 0.809. The van der Waals surface area contributed by atoms with Crippen molar-refractivity contribution in [2.75, 3.05) is 11.4 Å². The van der Waals surface area contributed by atoms with Gasteiger partial charge in [0.1, 0.15) is 13.2 Å². The second kappa shape index (κ2) is 8.55. The van der Waals surface area contributed by atoms with E-state index < -0.39 is 30.7 Å². The molecule has 1 heterocycles. The van der Waals surface area contributed by atoms with Gasteiger partial charge in [0, 0.05) is 11.3 Å². The zero-order valence-corrected chi connectivity index (χ0v) is 16.1. The maximum absolute atomic E-state index is 13.0. The van der Waals surface area contributed by atoms with Crippen LogP contribution < -0.4 is 10.2 Å². The Labute approximate surface area is 167 Å². The molecule has 2 N–H and O–H groups in total. The van der Waals surface area contributed by atoms with E-state index in [1.54, 1.807) is 44.2 Å². The van der Waals surface area contributed by atoms with Crippen LogP contribution in [0.5, 0.6) is 0 Å². The van der Waals surface area contributed by atoms with E-state index in [2.05, 4.69) is 10.3 Å². The second-order valence-electron chi connectivity index (χ2n) is 6.61. The van der Waals surface area contributed by atoms with Crippen molar-refractivity contribution in [1.82, 2.24) is 5.32 Å². The van der Waals surface area contributed by atoms with Crippen LogP contribution in [0.3, 0.4) is 0 Å². The number of aliphatic imine (C=N–C) groups is 1. The van der Waals surface area contributed by atoms with Gasteiger partial charge in [-0.1, -0.05) is 48.5 Å². The lowest BCUT2D eigenvalue weighted by atomic mass is 10.0. The summed E-state index contributed by atoms with van der Waals surface area (Å²) in [7, 11) is 0. The number of amides is 2. The number of benzodiazepines with no additional fused rings is 1. The molecule has 0 aliphatic carbocycles. The van der Waals surface area contributed by atoms with E-state index in [1.807, 2.05) is 18.2 Å². The van der Waals surface area contributed by atoms with Crippen LogP contribution in [0.2, 0.25) is 0 Å². The fourth-order valence-electron chi connectivity index (χ4n) is 3.15. The van der Waals surface area contributed by atoms with E-state index in [0.717, 1.165) is 16.0 Å². The lowest BCUT2D eigenvalue weighted by Crippen LogP contribution is -2.49. The largest absolute Gasteiger partial charge is 0.480 e. The van der Waals surface area contributed by atoms with Crippen LogP contribution in [-0.4, -0.2) is 41.5 Å². The minimum Gasteiger partial charge on any atom is -0.480 e. The number of nitrogens with zero attached hydrogens (tertiary/aromatic N) is 2. The number of ether oxygens (including phenoxy) is 1. The number of carboxylic acids is 1. The van der Waals surface area contributed by atoms with Crippen LogP contribution in [-0.2, 0) is 20.9 Å². The predicted octanol–water partition coefficient (Wildman–Crippen LogP) is 2.49. The molecular weight excluding hydrogens is 374 g/mol. The molecule has 8 heteroatoms. The molecule has 150 valence electrons. The monoisotopic (exact) mass is 395 g/mol. The van der Waals surface area contributed by atoms with Gasteiger partial charge in [0.25, 0.3) is 5.91 Å². The first-order valence-electron chi connectivity index (χ1n) is 9.01. The number of carbonyl (C=O) groups is 3. The van der Waals surface area contributed by atoms with E-state index in [4.69, 9.17) is 4.74 Å². The molecule has 3 rings (SSSR count). The number of aryl methyl sites for hydroxylation is 1. The van der Waals surface area contributed by atoms with Crippen LogP contribution in [0.4, 0.5) is 10.5 Å². The average molecular weight is 395 g/mol. The van der Waals surface area contributed by atoms with Crippen molar-refractivity contribution < 1.29 is 24.2 Å². The van der Waals surface area contributed by atoms with Crippen molar-refractivity contribution in [3.8, 4) is 0 Å². The molecule has 0 bridgehead atoms. The summed E-state index contributed by atoms with van der Waals surface area (Å²) in [5.41, 5.74) is 3.16. The number of carboxylic acid groups (broad SMARTS) is 1. The Bertz CT molecular complexity index is 972. The highest BCUT2D eigenvalue weighted by atomic mass is 16.5. The van der Waals surface area contributed by atoms with E-state index in [9.17, 15) is 19.5 Å². The minimum absolute atomic E-state index is 0.0362. The number of alkyl carbamates (subject to hydrolysis) is 1. The second-order valence-corrected chi connectivity index (χ2v) is 6.61. The van der Waals surface area contributed by atoms with Gasteiger partial charge in [-0.15, -0.1) is 0 Å². The Balaban J connectivity index is 1.83. The minimum atomic E-state index is -1.29. The van der Waals surface area contributed by atoms with Gasteiger partial charge < -0.3 is 9.84 Å². The van der Waals surface area contributed by atoms with E-state index in [-0.39, 0.29) is 6.61 Å². The number of carbonyl (C=O) groups excluding carboxylic acids is 2. The van der Waals surface area contributed by atoms with Crippen LogP contribution in [0, 0.1) is 6.92 Å². The van der Waals surface area contributed by atoms with E-state index in [1.165, 1.54) is 0 Å². The van der Waals surface area contributed by atoms with E-state index in [0.29, 0.717) is 17.0 Å². The van der Waals surface area contributed by atoms with Crippen LogP contribution >= 0.6 is 0 Å². The number of benzene rings is 2. The highest BCUT2D eigenvalue weighted by molar-refractivity contribution is 6.13. The summed E-state index contributed by atoms with van der Waals surface area (Å²) in [6, 6.07) is 14.5. The normalized spacial score (nSPS) is 15.8. The number of fused-ring (bicyclic) bond motifs is 1. The zero-order valence-electron chi connectivity index (χ0n) is 16.1. The maximum Gasteiger partial charge on any atom is 0.409 e. The molecule has 2 aromatic rings. The van der Waals surface area contributed by atoms with Gasteiger partial charge in [-0.3, -0.25) is 24.8 Å². The molecule has 29 heavy (non-hydrogen) atoms. The first-order chi connectivity index (χ1) is 13.9. The molecule has 0 fully saturated rings. The molecule has 0 saturated heterocycles. The van der Waals surface area contributed by atoms with Crippen molar-refractivity contribution in [2.45, 2.75) is 26.6 Å². The highest BCUT2D eigenvalue weighted by Crippen LogP contribution is 2.29. The number of rotatable bonds is 5. The standard InChI is InChI=1S/C21H21N3O5/c1-13-7-6-10-16-14(2)22-19(20(27)24(18(13)16)11-17(25)26)23-21(28)29-12-15-8-4-3-5-9-15/h3-10,19H,11-12H2,1-2H3,(H,23,28)(H,25,26)/t19-/m1/s1. The Morgan fingerprint density at radius 3 is 2.55 bits per heavy atom. The SMILES string of the molecule is CC1=N[C@H](NC(=O)OCc2ccccc2)C(=O)N(CC(=O)O)c2c(C)cccc21. The molecule has 0 radical (unpaired) electrons. The van der Waals surface area contributed by atoms with Crippen LogP contribution in [0.1, 0.15) is 23.6 Å². The molecule has 1 atom stereocenters. The fraction of sp³-hybridized carbons (Fsp3) is 0.238. The lowest BCUT2D eigenvalue weighted by molar-refractivity contribution is -0.136. The van der Waals surface area contributed by atoms with Crippen LogP contribution in [0.15, 0.2) is 53.5 Å². The molecule has 0 saturated carbocycles. The van der Waals surface area contributed by atoms with Gasteiger partial charge in [-0.05, 0) is 25.0 Å². The molecule has 0 spiro atoms. The summed E-state index contributed by atoms with van der Waals surface area (Å²) in [5, 5.41) is 11.7. The summed E-state index contributed by atoms with van der Waals surface area (Å²) < 4.78 is 5.17. The summed E-state index contributed by atoms with van der Waals surface area (Å²) in [5.74, 6) is -1.81. The summed E-state index contributed by atoms with van der Waals surface area (Å²) in [6.07, 6.45) is -2.11. The number of hydrogen-bond donors (Lipinski definition) is 2. The van der Waals surface area contributed by atoms with Crippen molar-refractivity contribution in [3.63, 3.8) is 0 Å². The molecule has 1 aliphatic heterocycles. The average Bonchev–Trinajstić information content (AvgIpc) is 2.78. The van der Waals surface area contributed by atoms with Crippen LogP contribution in [0.25, 0.3) is 0 Å². The summed E-state index contributed by atoms with van der Waals surface area (Å²) in [6.45, 7) is 2.99. The van der Waals surface area contributed by atoms with Crippen molar-refractivity contribution in [1.29, 1.82) is 0 Å². The Morgan fingerprint density at radius 2 is 1.86 bits per heavy atom. The van der Waals surface area contributed by atoms with Gasteiger partial charge in [0.2, 0.25) is 6.17 Å². The molecule has 2 aromatic carbocycles. The van der Waals surface area contributed by atoms with Gasteiger partial charge in [0.15, 0.2) is 0 Å². The van der Waals surface area contributed by atoms with Gasteiger partial charge in [-0.2, -0.15) is 0 Å². The molecule has 1 aliphatic rings. The number of para-hydroxylation sites is 1.